The van der Waals surface area contributed by atoms with E-state index in [9.17, 15) is 4.79 Å². The monoisotopic (exact) mass is 265 g/mol. The van der Waals surface area contributed by atoms with Crippen LogP contribution in [0, 0.1) is 0 Å². The number of pyridine rings is 1. The summed E-state index contributed by atoms with van der Waals surface area (Å²) >= 11 is 11.9. The second kappa shape index (κ2) is 5.30. The first-order chi connectivity index (χ1) is 8.20. The third-order valence-corrected chi connectivity index (χ3v) is 2.88. The van der Waals surface area contributed by atoms with Gasteiger partial charge in [0.05, 0.1) is 5.92 Å². The molecule has 2 aromatic rings. The van der Waals surface area contributed by atoms with Crippen LogP contribution in [0.15, 0.2) is 42.7 Å². The number of rotatable bonds is 3. The van der Waals surface area contributed by atoms with Crippen molar-refractivity contribution in [3.8, 4) is 0 Å². The third kappa shape index (κ3) is 2.84. The number of hydrogen-bond donors (Lipinski definition) is 0. The number of hydrogen-bond acceptors (Lipinski definition) is 2. The van der Waals surface area contributed by atoms with Gasteiger partial charge in [-0.3, -0.25) is 4.98 Å². The van der Waals surface area contributed by atoms with Crippen LogP contribution in [-0.2, 0) is 4.79 Å². The predicted molar refractivity (Wildman–Crippen MR) is 68.6 cm³/mol. The van der Waals surface area contributed by atoms with Gasteiger partial charge in [0, 0.05) is 22.4 Å². The minimum absolute atomic E-state index is 0.366. The highest BCUT2D eigenvalue weighted by Gasteiger charge is 2.14. The van der Waals surface area contributed by atoms with E-state index in [-0.39, 0.29) is 5.92 Å². The van der Waals surface area contributed by atoms with Crippen LogP contribution in [0.5, 0.6) is 0 Å². The molecule has 0 fully saturated rings. The number of nitrogens with zero attached hydrogens (tertiary/aromatic N) is 1. The zero-order valence-corrected chi connectivity index (χ0v) is 10.3. The van der Waals surface area contributed by atoms with Crippen molar-refractivity contribution in [2.75, 3.05) is 0 Å². The van der Waals surface area contributed by atoms with E-state index in [2.05, 4.69) is 4.98 Å². The molecule has 0 spiro atoms. The summed E-state index contributed by atoms with van der Waals surface area (Å²) in [5.74, 6) is -0.366. The average Bonchev–Trinajstić information content (AvgIpc) is 2.30. The predicted octanol–water partition coefficient (Wildman–Crippen LogP) is 3.72. The molecule has 0 saturated heterocycles. The van der Waals surface area contributed by atoms with Crippen molar-refractivity contribution >= 4 is 29.5 Å². The van der Waals surface area contributed by atoms with Crippen molar-refractivity contribution in [3.63, 3.8) is 0 Å². The van der Waals surface area contributed by atoms with Gasteiger partial charge in [0.1, 0.15) is 6.29 Å². The molecule has 0 aliphatic heterocycles. The van der Waals surface area contributed by atoms with E-state index >= 15 is 0 Å². The molecule has 1 aromatic heterocycles. The first-order valence-corrected chi connectivity index (χ1v) is 5.77. The summed E-state index contributed by atoms with van der Waals surface area (Å²) < 4.78 is 0. The highest BCUT2D eigenvalue weighted by molar-refractivity contribution is 6.34. The molecular weight excluding hydrogens is 257 g/mol. The van der Waals surface area contributed by atoms with Gasteiger partial charge in [-0.2, -0.15) is 0 Å². The average molecular weight is 266 g/mol. The second-order valence-electron chi connectivity index (χ2n) is 3.60. The Kier molecular flexibility index (Phi) is 3.77. The molecule has 1 heterocycles. The molecule has 4 heteroatoms. The molecule has 0 saturated carbocycles. The fraction of sp³-hybridized carbons (Fsp3) is 0.0769. The Bertz CT molecular complexity index is 508. The van der Waals surface area contributed by atoms with Gasteiger partial charge in [-0.15, -0.1) is 0 Å². The van der Waals surface area contributed by atoms with Crippen molar-refractivity contribution in [1.29, 1.82) is 0 Å². The minimum Gasteiger partial charge on any atom is -0.302 e. The summed E-state index contributed by atoms with van der Waals surface area (Å²) in [5, 5.41) is 1.04. The normalized spacial score (nSPS) is 12.1. The van der Waals surface area contributed by atoms with E-state index in [1.165, 1.54) is 0 Å². The Hall–Kier alpha value is -1.38. The van der Waals surface area contributed by atoms with Crippen molar-refractivity contribution in [2.24, 2.45) is 0 Å². The Morgan fingerprint density at radius 1 is 1.00 bits per heavy atom. The van der Waals surface area contributed by atoms with Crippen LogP contribution in [0.2, 0.25) is 10.0 Å². The van der Waals surface area contributed by atoms with Crippen LogP contribution in [-0.4, -0.2) is 11.3 Å². The molecule has 0 bridgehead atoms. The molecule has 1 unspecified atom stereocenters. The third-order valence-electron chi connectivity index (χ3n) is 2.45. The maximum absolute atomic E-state index is 11.2. The van der Waals surface area contributed by atoms with Gasteiger partial charge in [-0.1, -0.05) is 23.2 Å². The van der Waals surface area contributed by atoms with Crippen molar-refractivity contribution in [1.82, 2.24) is 4.98 Å². The largest absolute Gasteiger partial charge is 0.302 e. The molecule has 17 heavy (non-hydrogen) atoms. The van der Waals surface area contributed by atoms with Gasteiger partial charge in [-0.25, -0.2) is 0 Å². The lowest BCUT2D eigenvalue weighted by molar-refractivity contribution is -0.108. The van der Waals surface area contributed by atoms with Crippen LogP contribution in [0.3, 0.4) is 0 Å². The quantitative estimate of drug-likeness (QED) is 0.792. The van der Waals surface area contributed by atoms with E-state index in [0.29, 0.717) is 10.0 Å². The van der Waals surface area contributed by atoms with Crippen molar-refractivity contribution in [2.45, 2.75) is 5.92 Å². The first-order valence-electron chi connectivity index (χ1n) is 5.02. The Balaban J connectivity index is 2.46. The Labute approximate surface area is 109 Å². The summed E-state index contributed by atoms with van der Waals surface area (Å²) in [6.07, 6.45) is 4.17. The van der Waals surface area contributed by atoms with Crippen LogP contribution in [0.25, 0.3) is 0 Å². The summed E-state index contributed by atoms with van der Waals surface area (Å²) in [7, 11) is 0. The summed E-state index contributed by atoms with van der Waals surface area (Å²) in [5.41, 5.74) is 1.65. The van der Waals surface area contributed by atoms with Gasteiger partial charge < -0.3 is 4.79 Å². The van der Waals surface area contributed by atoms with Gasteiger partial charge in [-0.05, 0) is 41.5 Å². The molecule has 0 amide bonds. The van der Waals surface area contributed by atoms with E-state index in [1.54, 1.807) is 42.7 Å². The molecule has 0 N–H and O–H groups in total. The van der Waals surface area contributed by atoms with Crippen LogP contribution < -0.4 is 0 Å². The zero-order valence-electron chi connectivity index (χ0n) is 8.81. The van der Waals surface area contributed by atoms with Gasteiger partial charge in [0.2, 0.25) is 0 Å². The Morgan fingerprint density at radius 3 is 2.12 bits per heavy atom. The molecule has 1 atom stereocenters. The maximum Gasteiger partial charge on any atom is 0.131 e. The SMILES string of the molecule is O=CC(c1ccncc1)c1cc(Cl)cc(Cl)c1. The van der Waals surface area contributed by atoms with Crippen LogP contribution in [0.4, 0.5) is 0 Å². The first kappa shape index (κ1) is 12.1. The lowest BCUT2D eigenvalue weighted by atomic mass is 9.93. The number of aldehydes is 1. The molecule has 2 rings (SSSR count). The summed E-state index contributed by atoms with van der Waals surface area (Å²) in [6.45, 7) is 0. The Morgan fingerprint density at radius 2 is 1.59 bits per heavy atom. The number of aromatic nitrogens is 1. The van der Waals surface area contributed by atoms with Crippen molar-refractivity contribution in [3.05, 3.63) is 63.9 Å². The van der Waals surface area contributed by atoms with Crippen LogP contribution >= 0.6 is 23.2 Å². The fourth-order valence-electron chi connectivity index (χ4n) is 1.68. The molecular formula is C13H9Cl2NO. The highest BCUT2D eigenvalue weighted by atomic mass is 35.5. The topological polar surface area (TPSA) is 30.0 Å². The summed E-state index contributed by atoms with van der Waals surface area (Å²) in [4.78, 5) is 15.1. The van der Waals surface area contributed by atoms with E-state index in [1.807, 2.05) is 0 Å². The van der Waals surface area contributed by atoms with Crippen molar-refractivity contribution < 1.29 is 4.79 Å². The molecule has 0 radical (unpaired) electrons. The smallest absolute Gasteiger partial charge is 0.131 e. The zero-order chi connectivity index (χ0) is 12.3. The summed E-state index contributed by atoms with van der Waals surface area (Å²) in [6, 6.07) is 8.72. The molecule has 0 aliphatic carbocycles. The maximum atomic E-state index is 11.2. The van der Waals surface area contributed by atoms with E-state index in [4.69, 9.17) is 23.2 Å². The van der Waals surface area contributed by atoms with Gasteiger partial charge in [0.25, 0.3) is 0 Å². The molecule has 2 nitrogen and oxygen atoms in total. The van der Waals surface area contributed by atoms with Gasteiger partial charge >= 0.3 is 0 Å². The highest BCUT2D eigenvalue weighted by Crippen LogP contribution is 2.27. The second-order valence-corrected chi connectivity index (χ2v) is 4.47. The lowest BCUT2D eigenvalue weighted by Gasteiger charge is -2.11. The number of carbonyl (C=O) groups excluding carboxylic acids is 1. The van der Waals surface area contributed by atoms with E-state index in [0.717, 1.165) is 17.4 Å². The minimum atomic E-state index is -0.366. The molecule has 86 valence electrons. The number of benzene rings is 1. The molecule has 1 aromatic carbocycles. The fourth-order valence-corrected chi connectivity index (χ4v) is 2.22. The number of carbonyl (C=O) groups is 1. The van der Waals surface area contributed by atoms with E-state index < -0.39 is 0 Å². The standard InChI is InChI=1S/C13H9Cl2NO/c14-11-5-10(6-12(15)7-11)13(8-17)9-1-3-16-4-2-9/h1-8,13H. The lowest BCUT2D eigenvalue weighted by Crippen LogP contribution is -2.02. The van der Waals surface area contributed by atoms with Crippen LogP contribution in [0.1, 0.15) is 17.0 Å². The number of halogens is 2. The van der Waals surface area contributed by atoms with Gasteiger partial charge in [0.15, 0.2) is 0 Å². The molecule has 0 aliphatic rings.